The minimum atomic E-state index is -3.73. The topological polar surface area (TPSA) is 130 Å². The number of nitrogens with zero attached hydrogens (tertiary/aromatic N) is 2. The van der Waals surface area contributed by atoms with Crippen LogP contribution < -0.4 is 15.8 Å². The number of aliphatic hydroxyl groups excluding tert-OH is 1. The summed E-state index contributed by atoms with van der Waals surface area (Å²) < 4.78 is 23.2. The first-order chi connectivity index (χ1) is 12.2. The second kappa shape index (κ2) is 8.76. The van der Waals surface area contributed by atoms with E-state index < -0.39 is 16.1 Å². The molecule has 0 saturated carbocycles. The summed E-state index contributed by atoms with van der Waals surface area (Å²) >= 11 is 3.39. The first-order valence-electron chi connectivity index (χ1n) is 8.07. The number of aliphatic hydroxyl groups is 1. The average molecular weight is 444 g/mol. The van der Waals surface area contributed by atoms with Crippen molar-refractivity contribution < 1.29 is 13.5 Å². The van der Waals surface area contributed by atoms with Crippen LogP contribution in [0, 0.1) is 0 Å². The van der Waals surface area contributed by atoms with Gasteiger partial charge < -0.3 is 15.7 Å². The minimum Gasteiger partial charge on any atom is -0.391 e. The van der Waals surface area contributed by atoms with Crippen molar-refractivity contribution in [3.8, 4) is 0 Å². The Morgan fingerprint density at radius 2 is 1.96 bits per heavy atom. The van der Waals surface area contributed by atoms with Gasteiger partial charge in [0, 0.05) is 11.9 Å². The summed E-state index contributed by atoms with van der Waals surface area (Å²) in [7, 11) is -3.73. The number of hydrogen-bond acceptors (Lipinski definition) is 7. The fourth-order valence-corrected chi connectivity index (χ4v) is 3.06. The van der Waals surface area contributed by atoms with Crippen LogP contribution >= 0.6 is 15.9 Å². The molecular weight excluding hydrogens is 422 g/mol. The molecule has 142 valence electrons. The van der Waals surface area contributed by atoms with E-state index in [0.29, 0.717) is 28.3 Å². The van der Waals surface area contributed by atoms with Crippen LogP contribution in [0.1, 0.15) is 26.7 Å². The van der Waals surface area contributed by atoms with Crippen molar-refractivity contribution in [1.29, 1.82) is 0 Å². The Balaban J connectivity index is 2.13. The molecule has 10 heteroatoms. The zero-order valence-electron chi connectivity index (χ0n) is 14.5. The lowest BCUT2D eigenvalue weighted by Crippen LogP contribution is -2.31. The summed E-state index contributed by atoms with van der Waals surface area (Å²) in [6.45, 7) is 3.90. The van der Waals surface area contributed by atoms with Gasteiger partial charge in [-0.1, -0.05) is 13.3 Å². The fraction of sp³-hybridized carbons (Fsp3) is 0.375. The lowest BCUT2D eigenvalue weighted by atomic mass is 10.1. The number of sulfonamides is 1. The van der Waals surface area contributed by atoms with Gasteiger partial charge in [0.25, 0.3) is 0 Å². The van der Waals surface area contributed by atoms with Crippen LogP contribution in [0.5, 0.6) is 0 Å². The van der Waals surface area contributed by atoms with E-state index >= 15 is 0 Å². The molecule has 0 bridgehead atoms. The van der Waals surface area contributed by atoms with Crippen LogP contribution in [-0.2, 0) is 10.0 Å². The molecule has 0 amide bonds. The molecule has 1 heterocycles. The summed E-state index contributed by atoms with van der Waals surface area (Å²) in [5.74, 6) is 0.877. The zero-order valence-corrected chi connectivity index (χ0v) is 16.9. The third-order valence-corrected chi connectivity index (χ3v) is 5.22. The van der Waals surface area contributed by atoms with Gasteiger partial charge in [-0.3, -0.25) is 0 Å². The third kappa shape index (κ3) is 5.63. The van der Waals surface area contributed by atoms with Crippen molar-refractivity contribution in [2.75, 3.05) is 10.6 Å². The van der Waals surface area contributed by atoms with Crippen molar-refractivity contribution in [3.05, 3.63) is 34.9 Å². The van der Waals surface area contributed by atoms with Gasteiger partial charge in [-0.15, -0.1) is 0 Å². The fourth-order valence-electron chi connectivity index (χ4n) is 2.24. The smallest absolute Gasteiger partial charge is 0.238 e. The van der Waals surface area contributed by atoms with Crippen LogP contribution in [0.25, 0.3) is 0 Å². The number of benzene rings is 1. The predicted octanol–water partition coefficient (Wildman–Crippen LogP) is 2.59. The number of primary sulfonamides is 1. The molecule has 8 nitrogen and oxygen atoms in total. The van der Waals surface area contributed by atoms with Gasteiger partial charge in [0.15, 0.2) is 0 Å². The summed E-state index contributed by atoms with van der Waals surface area (Å²) in [5.41, 5.74) is 0.615. The Bertz CT molecular complexity index is 845. The van der Waals surface area contributed by atoms with E-state index in [-0.39, 0.29) is 10.9 Å². The highest BCUT2D eigenvalue weighted by molar-refractivity contribution is 9.10. The maximum absolute atomic E-state index is 11.3. The predicted molar refractivity (Wildman–Crippen MR) is 105 cm³/mol. The van der Waals surface area contributed by atoms with Gasteiger partial charge in [-0.05, 0) is 53.5 Å². The van der Waals surface area contributed by atoms with Crippen LogP contribution in [0.3, 0.4) is 0 Å². The van der Waals surface area contributed by atoms with E-state index in [2.05, 4.69) is 36.5 Å². The van der Waals surface area contributed by atoms with Gasteiger partial charge >= 0.3 is 0 Å². The summed E-state index contributed by atoms with van der Waals surface area (Å²) in [5, 5.41) is 21.3. The molecule has 2 atom stereocenters. The molecule has 0 spiro atoms. The van der Waals surface area contributed by atoms with E-state index in [1.165, 1.54) is 12.1 Å². The second-order valence-electron chi connectivity index (χ2n) is 5.87. The van der Waals surface area contributed by atoms with E-state index in [4.69, 9.17) is 5.14 Å². The maximum atomic E-state index is 11.3. The monoisotopic (exact) mass is 443 g/mol. The van der Waals surface area contributed by atoms with Gasteiger partial charge in [0.1, 0.15) is 5.82 Å². The second-order valence-corrected chi connectivity index (χ2v) is 8.29. The maximum Gasteiger partial charge on any atom is 0.238 e. The number of aromatic nitrogens is 2. The van der Waals surface area contributed by atoms with Crippen molar-refractivity contribution in [2.24, 2.45) is 5.14 Å². The van der Waals surface area contributed by atoms with Gasteiger partial charge in [0.2, 0.25) is 16.0 Å². The Morgan fingerprint density at radius 1 is 1.31 bits per heavy atom. The number of hydrogen-bond donors (Lipinski definition) is 4. The van der Waals surface area contributed by atoms with Gasteiger partial charge in [-0.2, -0.15) is 4.98 Å². The van der Waals surface area contributed by atoms with Crippen molar-refractivity contribution in [2.45, 2.75) is 43.7 Å². The molecule has 26 heavy (non-hydrogen) atoms. The van der Waals surface area contributed by atoms with Crippen LogP contribution in [0.2, 0.25) is 0 Å². The van der Waals surface area contributed by atoms with Gasteiger partial charge in [0.05, 0.1) is 21.5 Å². The highest BCUT2D eigenvalue weighted by Crippen LogP contribution is 2.24. The quantitative estimate of drug-likeness (QED) is 0.492. The molecule has 0 fully saturated rings. The minimum absolute atomic E-state index is 0.0286. The van der Waals surface area contributed by atoms with Crippen molar-refractivity contribution >= 4 is 43.4 Å². The molecule has 2 aromatic rings. The summed E-state index contributed by atoms with van der Waals surface area (Å²) in [6.07, 6.45) is 2.69. The Morgan fingerprint density at radius 3 is 2.54 bits per heavy atom. The highest BCUT2D eigenvalue weighted by Gasteiger charge is 2.16. The molecular formula is C16H22BrN5O3S. The molecule has 2 unspecified atom stereocenters. The summed E-state index contributed by atoms with van der Waals surface area (Å²) in [6, 6.07) is 5.78. The largest absolute Gasteiger partial charge is 0.391 e. The van der Waals surface area contributed by atoms with Crippen LogP contribution in [0.15, 0.2) is 39.8 Å². The zero-order chi connectivity index (χ0) is 19.3. The third-order valence-electron chi connectivity index (χ3n) is 3.71. The molecule has 1 aromatic carbocycles. The Hall–Kier alpha value is -1.75. The number of halogens is 1. The summed E-state index contributed by atoms with van der Waals surface area (Å²) in [4.78, 5) is 8.59. The molecule has 5 N–H and O–H groups in total. The van der Waals surface area contributed by atoms with E-state index in [1.807, 2.05) is 13.8 Å². The first-order valence-corrected chi connectivity index (χ1v) is 10.4. The Kier molecular flexibility index (Phi) is 6.93. The molecule has 0 aliphatic rings. The number of rotatable bonds is 8. The van der Waals surface area contributed by atoms with Crippen molar-refractivity contribution in [3.63, 3.8) is 0 Å². The van der Waals surface area contributed by atoms with E-state index in [1.54, 1.807) is 18.3 Å². The molecule has 0 aliphatic heterocycles. The highest BCUT2D eigenvalue weighted by atomic mass is 79.9. The first kappa shape index (κ1) is 20.6. The van der Waals surface area contributed by atoms with E-state index in [0.717, 1.165) is 6.42 Å². The lowest BCUT2D eigenvalue weighted by molar-refractivity contribution is 0.147. The van der Waals surface area contributed by atoms with Gasteiger partial charge in [-0.25, -0.2) is 18.5 Å². The lowest BCUT2D eigenvalue weighted by Gasteiger charge is -2.21. The number of nitrogens with two attached hydrogens (primary N) is 1. The van der Waals surface area contributed by atoms with Crippen LogP contribution in [0.4, 0.5) is 17.5 Å². The average Bonchev–Trinajstić information content (AvgIpc) is 2.57. The normalized spacial score (nSPS) is 13.9. The van der Waals surface area contributed by atoms with Crippen LogP contribution in [-0.4, -0.2) is 35.6 Å². The molecule has 0 aliphatic carbocycles. The SMILES string of the molecule is CCCC(O)C(C)Nc1nc(Nc2ccc(S(N)(=O)=O)cc2)ncc1Br. The molecule has 0 radical (unpaired) electrons. The molecule has 0 saturated heterocycles. The van der Waals surface area contributed by atoms with Crippen molar-refractivity contribution in [1.82, 2.24) is 9.97 Å². The number of anilines is 3. The molecule has 1 aromatic heterocycles. The number of nitrogens with one attached hydrogen (secondary N) is 2. The standard InChI is InChI=1S/C16H22BrN5O3S/c1-3-4-14(23)10(2)20-15-13(17)9-19-16(22-15)21-11-5-7-12(8-6-11)26(18,24)25/h5-10,14,23H,3-4H2,1-2H3,(H2,18,24,25)(H2,19,20,21,22). The van der Waals surface area contributed by atoms with E-state index in [9.17, 15) is 13.5 Å². The molecule has 2 rings (SSSR count). The Labute approximate surface area is 161 Å².